The van der Waals surface area contributed by atoms with Gasteiger partial charge in [-0.1, -0.05) is 6.42 Å². The van der Waals surface area contributed by atoms with Gasteiger partial charge in [-0.25, -0.2) is 4.58 Å². The van der Waals surface area contributed by atoms with Crippen LogP contribution in [0.2, 0.25) is 0 Å². The van der Waals surface area contributed by atoms with Gasteiger partial charge < -0.3 is 4.74 Å². The van der Waals surface area contributed by atoms with Crippen molar-refractivity contribution in [1.29, 1.82) is 0 Å². The lowest BCUT2D eigenvalue weighted by atomic mass is 9.98. The molecule has 1 saturated carbocycles. The van der Waals surface area contributed by atoms with Crippen LogP contribution in [0.5, 0.6) is 0 Å². The topological polar surface area (TPSA) is 12.2 Å². The minimum Gasteiger partial charge on any atom is -0.368 e. The van der Waals surface area contributed by atoms with Gasteiger partial charge in [0, 0.05) is 14.2 Å². The first-order valence-electron chi connectivity index (χ1n) is 5.56. The quantitative estimate of drug-likeness (QED) is 0.500. The summed E-state index contributed by atoms with van der Waals surface area (Å²) in [6.07, 6.45) is 4.80. The molecule has 2 rings (SSSR count). The predicted octanol–water partition coefficient (Wildman–Crippen LogP) is 1.43. The van der Waals surface area contributed by atoms with Crippen molar-refractivity contribution in [3.8, 4) is 0 Å². The molecule has 2 aliphatic rings. The highest BCUT2D eigenvalue weighted by atomic mass is 16.5. The molecule has 0 aromatic heterocycles. The SMILES string of the molecule is [2H]C1CCCCC1=[N+]1CCOCC1. The van der Waals surface area contributed by atoms with Crippen LogP contribution in [0.4, 0.5) is 0 Å². The van der Waals surface area contributed by atoms with Crippen molar-refractivity contribution in [1.82, 2.24) is 0 Å². The molecule has 68 valence electrons. The van der Waals surface area contributed by atoms with E-state index in [-0.39, 0.29) is 6.40 Å². The summed E-state index contributed by atoms with van der Waals surface area (Å²) in [7, 11) is 0. The molecule has 0 aromatic carbocycles. The summed E-state index contributed by atoms with van der Waals surface area (Å²) in [5, 5.41) is 0. The molecule has 0 spiro atoms. The van der Waals surface area contributed by atoms with E-state index in [1.807, 2.05) is 0 Å². The number of morpholine rings is 1. The van der Waals surface area contributed by atoms with Gasteiger partial charge in [0.05, 0.1) is 0 Å². The number of hydrogen-bond donors (Lipinski definition) is 0. The van der Waals surface area contributed by atoms with Crippen LogP contribution in [0.25, 0.3) is 0 Å². The first-order chi connectivity index (χ1) is 6.38. The normalized spacial score (nSPS) is 33.3. The fourth-order valence-corrected chi connectivity index (χ4v) is 1.96. The van der Waals surface area contributed by atoms with Crippen LogP contribution in [0.1, 0.15) is 33.5 Å². The number of hydrogen-bond acceptors (Lipinski definition) is 1. The number of ether oxygens (including phenoxy) is 1. The van der Waals surface area contributed by atoms with Crippen LogP contribution in [-0.2, 0) is 4.74 Å². The summed E-state index contributed by atoms with van der Waals surface area (Å²) in [5.41, 5.74) is 1.37. The Morgan fingerprint density at radius 3 is 2.75 bits per heavy atom. The van der Waals surface area contributed by atoms with Crippen molar-refractivity contribution in [2.45, 2.75) is 32.1 Å². The molecule has 1 heterocycles. The van der Waals surface area contributed by atoms with Gasteiger partial charge in [0.25, 0.3) is 0 Å². The smallest absolute Gasteiger partial charge is 0.166 e. The van der Waals surface area contributed by atoms with Gasteiger partial charge >= 0.3 is 0 Å². The second-order valence-electron chi connectivity index (χ2n) is 3.54. The van der Waals surface area contributed by atoms with Crippen molar-refractivity contribution >= 4 is 5.71 Å². The lowest BCUT2D eigenvalue weighted by molar-refractivity contribution is -0.551. The van der Waals surface area contributed by atoms with Crippen LogP contribution in [0.3, 0.4) is 0 Å². The molecule has 2 heteroatoms. The van der Waals surface area contributed by atoms with E-state index in [4.69, 9.17) is 6.11 Å². The Bertz CT molecular complexity index is 207. The van der Waals surface area contributed by atoms with Gasteiger partial charge in [0.2, 0.25) is 0 Å². The van der Waals surface area contributed by atoms with E-state index in [9.17, 15) is 0 Å². The average molecular weight is 169 g/mol. The Morgan fingerprint density at radius 1 is 1.17 bits per heavy atom. The highest BCUT2D eigenvalue weighted by molar-refractivity contribution is 5.80. The Morgan fingerprint density at radius 2 is 2.00 bits per heavy atom. The van der Waals surface area contributed by atoms with Gasteiger partial charge in [-0.15, -0.1) is 0 Å². The molecule has 0 N–H and O–H groups in total. The molecule has 2 nitrogen and oxygen atoms in total. The van der Waals surface area contributed by atoms with Crippen molar-refractivity contribution < 1.29 is 10.7 Å². The second-order valence-corrected chi connectivity index (χ2v) is 3.54. The van der Waals surface area contributed by atoms with Crippen LogP contribution < -0.4 is 0 Å². The van der Waals surface area contributed by atoms with Crippen molar-refractivity contribution in [2.75, 3.05) is 26.3 Å². The van der Waals surface area contributed by atoms with Crippen LogP contribution in [0, 0.1) is 0 Å². The van der Waals surface area contributed by atoms with Crippen LogP contribution in [-0.4, -0.2) is 36.6 Å². The van der Waals surface area contributed by atoms with Crippen LogP contribution in [0.15, 0.2) is 0 Å². The van der Waals surface area contributed by atoms with Gasteiger partial charge in [0.1, 0.15) is 13.2 Å². The summed E-state index contributed by atoms with van der Waals surface area (Å²) >= 11 is 0. The maximum Gasteiger partial charge on any atom is 0.166 e. The largest absolute Gasteiger partial charge is 0.368 e. The lowest BCUT2D eigenvalue weighted by Crippen LogP contribution is -2.34. The van der Waals surface area contributed by atoms with Gasteiger partial charge in [-0.2, -0.15) is 0 Å². The predicted molar refractivity (Wildman–Crippen MR) is 48.9 cm³/mol. The first kappa shape index (κ1) is 7.07. The van der Waals surface area contributed by atoms with Crippen molar-refractivity contribution in [3.63, 3.8) is 0 Å². The van der Waals surface area contributed by atoms with E-state index in [2.05, 4.69) is 4.58 Å². The zero-order valence-electron chi connectivity index (χ0n) is 8.59. The molecule has 1 aliphatic heterocycles. The summed E-state index contributed by atoms with van der Waals surface area (Å²) in [5.74, 6) is 0. The van der Waals surface area contributed by atoms with Crippen molar-refractivity contribution in [2.24, 2.45) is 0 Å². The zero-order chi connectivity index (χ0) is 9.10. The molecule has 12 heavy (non-hydrogen) atoms. The highest BCUT2D eigenvalue weighted by Crippen LogP contribution is 2.15. The third-order valence-corrected chi connectivity index (χ3v) is 2.68. The monoisotopic (exact) mass is 169 g/mol. The average Bonchev–Trinajstić information content (AvgIpc) is 2.20. The Kier molecular flexibility index (Phi) is 2.38. The minimum absolute atomic E-state index is 0.0758. The number of rotatable bonds is 0. The minimum atomic E-state index is 0.0758. The molecule has 0 bridgehead atoms. The fourth-order valence-electron chi connectivity index (χ4n) is 1.96. The molecule has 1 aliphatic carbocycles. The maximum absolute atomic E-state index is 7.95. The van der Waals surface area contributed by atoms with E-state index in [0.29, 0.717) is 0 Å². The lowest BCUT2D eigenvalue weighted by Gasteiger charge is -2.17. The Labute approximate surface area is 75.6 Å². The van der Waals surface area contributed by atoms with Gasteiger partial charge in [-0.3, -0.25) is 0 Å². The molecular formula is C10H18NO+. The summed E-state index contributed by atoms with van der Waals surface area (Å²) in [6.45, 7) is 3.70. The Hall–Kier alpha value is -0.370. The van der Waals surface area contributed by atoms with Gasteiger partial charge in [0.15, 0.2) is 18.8 Å². The fraction of sp³-hybridized carbons (Fsp3) is 0.900. The molecule has 0 aromatic rings. The number of nitrogens with zero attached hydrogens (tertiary/aromatic N) is 1. The standard InChI is InChI=1S/C10H18NO/c1-2-4-10(5-3-1)11-6-8-12-9-7-11/h1-9H2/q+1/i4D. The van der Waals surface area contributed by atoms with Gasteiger partial charge in [-0.05, 0) is 12.8 Å². The third kappa shape index (κ3) is 1.86. The second kappa shape index (κ2) is 4.04. The van der Waals surface area contributed by atoms with E-state index in [1.54, 1.807) is 0 Å². The van der Waals surface area contributed by atoms with Crippen molar-refractivity contribution in [3.05, 3.63) is 0 Å². The molecule has 1 atom stereocenters. The zero-order valence-corrected chi connectivity index (χ0v) is 7.59. The summed E-state index contributed by atoms with van der Waals surface area (Å²) in [6, 6.07) is 0. The van der Waals surface area contributed by atoms with E-state index >= 15 is 0 Å². The Balaban J connectivity index is 2.09. The highest BCUT2D eigenvalue weighted by Gasteiger charge is 2.19. The van der Waals surface area contributed by atoms with E-state index in [0.717, 1.165) is 39.1 Å². The molecule has 1 unspecified atom stereocenters. The molecular weight excluding hydrogens is 150 g/mol. The summed E-state index contributed by atoms with van der Waals surface area (Å²) < 4.78 is 15.6. The molecule has 2 fully saturated rings. The van der Waals surface area contributed by atoms with Crippen LogP contribution >= 0.6 is 0 Å². The maximum atomic E-state index is 7.95. The summed E-state index contributed by atoms with van der Waals surface area (Å²) in [4.78, 5) is 0. The third-order valence-electron chi connectivity index (χ3n) is 2.68. The first-order valence-corrected chi connectivity index (χ1v) is 4.98. The molecule has 0 radical (unpaired) electrons. The van der Waals surface area contributed by atoms with E-state index in [1.165, 1.54) is 18.6 Å². The molecule has 0 amide bonds. The molecule has 1 saturated heterocycles. The van der Waals surface area contributed by atoms with E-state index < -0.39 is 0 Å².